The fraction of sp³-hybridized carbons (Fsp3) is 0.417. The maximum atomic E-state index is 11.8. The lowest BCUT2D eigenvalue weighted by atomic mass is 10.4. The first-order valence-electron chi connectivity index (χ1n) is 6.30. The quantitative estimate of drug-likeness (QED) is 0.760. The molecule has 0 bridgehead atoms. The van der Waals surface area contributed by atoms with Gasteiger partial charge in [-0.3, -0.25) is 14.3 Å². The van der Waals surface area contributed by atoms with Gasteiger partial charge in [-0.15, -0.1) is 11.3 Å². The van der Waals surface area contributed by atoms with Crippen molar-refractivity contribution < 1.29 is 0 Å². The fourth-order valence-corrected chi connectivity index (χ4v) is 2.58. The highest BCUT2D eigenvalue weighted by molar-refractivity contribution is 7.11. The summed E-state index contributed by atoms with van der Waals surface area (Å²) in [6.07, 6.45) is 2.52. The SMILES string of the molecule is CCCn1c(N)c(NCc2ncc(C)s2)c(=O)[nH]c1=O. The predicted molar refractivity (Wildman–Crippen MR) is 80.2 cm³/mol. The molecule has 0 fully saturated rings. The van der Waals surface area contributed by atoms with Crippen molar-refractivity contribution >= 4 is 22.8 Å². The van der Waals surface area contributed by atoms with E-state index >= 15 is 0 Å². The highest BCUT2D eigenvalue weighted by Crippen LogP contribution is 2.15. The third-order valence-electron chi connectivity index (χ3n) is 2.77. The van der Waals surface area contributed by atoms with Gasteiger partial charge in [0.1, 0.15) is 16.5 Å². The number of H-pyrrole nitrogens is 1. The molecule has 0 atom stereocenters. The van der Waals surface area contributed by atoms with Gasteiger partial charge in [0.15, 0.2) is 0 Å². The Morgan fingerprint density at radius 2 is 2.25 bits per heavy atom. The number of anilines is 2. The van der Waals surface area contributed by atoms with Crippen LogP contribution in [0.15, 0.2) is 15.8 Å². The Morgan fingerprint density at radius 1 is 1.50 bits per heavy atom. The van der Waals surface area contributed by atoms with Crippen molar-refractivity contribution in [1.29, 1.82) is 0 Å². The largest absolute Gasteiger partial charge is 0.383 e. The number of aryl methyl sites for hydroxylation is 1. The second-order valence-electron chi connectivity index (χ2n) is 4.39. The van der Waals surface area contributed by atoms with Crippen LogP contribution in [0.3, 0.4) is 0 Å². The molecule has 2 rings (SSSR count). The number of nitrogens with zero attached hydrogens (tertiary/aromatic N) is 2. The van der Waals surface area contributed by atoms with Crippen molar-refractivity contribution in [3.63, 3.8) is 0 Å². The molecule has 0 saturated carbocycles. The lowest BCUT2D eigenvalue weighted by molar-refractivity contribution is 0.642. The zero-order valence-corrected chi connectivity index (χ0v) is 12.2. The van der Waals surface area contributed by atoms with E-state index in [4.69, 9.17) is 5.73 Å². The first-order chi connectivity index (χ1) is 9.52. The fourth-order valence-electron chi connectivity index (χ4n) is 1.85. The molecular formula is C12H17N5O2S. The summed E-state index contributed by atoms with van der Waals surface area (Å²) in [7, 11) is 0. The first kappa shape index (κ1) is 14.3. The molecule has 20 heavy (non-hydrogen) atoms. The molecule has 7 nitrogen and oxygen atoms in total. The second-order valence-corrected chi connectivity index (χ2v) is 5.71. The summed E-state index contributed by atoms with van der Waals surface area (Å²) < 4.78 is 1.36. The topological polar surface area (TPSA) is 106 Å². The number of aromatic amines is 1. The van der Waals surface area contributed by atoms with Crippen LogP contribution >= 0.6 is 11.3 Å². The van der Waals surface area contributed by atoms with Crippen molar-refractivity contribution in [3.8, 4) is 0 Å². The molecule has 0 aliphatic heterocycles. The predicted octanol–water partition coefficient (Wildman–Crippen LogP) is 0.906. The standard InChI is InChI=1S/C12H17N5O2S/c1-3-4-17-10(13)9(11(18)16-12(17)19)15-6-8-14-5-7(2)20-8/h5,15H,3-4,6,13H2,1-2H3,(H,16,18,19). The Balaban J connectivity index is 2.29. The van der Waals surface area contributed by atoms with Crippen LogP contribution < -0.4 is 22.3 Å². The minimum absolute atomic E-state index is 0.161. The molecule has 0 saturated heterocycles. The van der Waals surface area contributed by atoms with E-state index < -0.39 is 11.2 Å². The van der Waals surface area contributed by atoms with Crippen molar-refractivity contribution in [3.05, 3.63) is 36.9 Å². The van der Waals surface area contributed by atoms with E-state index in [1.807, 2.05) is 13.8 Å². The van der Waals surface area contributed by atoms with Gasteiger partial charge in [-0.1, -0.05) is 6.92 Å². The van der Waals surface area contributed by atoms with Gasteiger partial charge in [0.05, 0.1) is 6.54 Å². The van der Waals surface area contributed by atoms with Crippen LogP contribution in [0.25, 0.3) is 0 Å². The van der Waals surface area contributed by atoms with Crippen LogP contribution in [0.2, 0.25) is 0 Å². The molecule has 108 valence electrons. The smallest absolute Gasteiger partial charge is 0.330 e. The summed E-state index contributed by atoms with van der Waals surface area (Å²) >= 11 is 1.54. The van der Waals surface area contributed by atoms with Crippen molar-refractivity contribution in [2.45, 2.75) is 33.4 Å². The Morgan fingerprint density at radius 3 is 2.85 bits per heavy atom. The molecule has 0 radical (unpaired) electrons. The van der Waals surface area contributed by atoms with Gasteiger partial charge in [0, 0.05) is 17.6 Å². The highest BCUT2D eigenvalue weighted by Gasteiger charge is 2.12. The minimum Gasteiger partial charge on any atom is -0.383 e. The Labute approximate surface area is 119 Å². The Kier molecular flexibility index (Phi) is 4.23. The van der Waals surface area contributed by atoms with Crippen LogP contribution in [0.4, 0.5) is 11.5 Å². The minimum atomic E-state index is -0.506. The number of hydrogen-bond acceptors (Lipinski definition) is 6. The van der Waals surface area contributed by atoms with E-state index in [2.05, 4.69) is 15.3 Å². The zero-order valence-electron chi connectivity index (χ0n) is 11.4. The summed E-state index contributed by atoms with van der Waals surface area (Å²) in [4.78, 5) is 31.0. The molecule has 2 heterocycles. The number of rotatable bonds is 5. The monoisotopic (exact) mass is 295 g/mol. The molecule has 0 amide bonds. The number of aromatic nitrogens is 3. The Bertz CT molecular complexity index is 715. The lowest BCUT2D eigenvalue weighted by Crippen LogP contribution is -2.34. The van der Waals surface area contributed by atoms with Crippen molar-refractivity contribution in [2.75, 3.05) is 11.1 Å². The molecule has 4 N–H and O–H groups in total. The second kappa shape index (κ2) is 5.91. The van der Waals surface area contributed by atoms with Gasteiger partial charge in [0.2, 0.25) is 0 Å². The third-order valence-corrected chi connectivity index (χ3v) is 3.69. The van der Waals surface area contributed by atoms with E-state index in [0.29, 0.717) is 13.1 Å². The van der Waals surface area contributed by atoms with Crippen LogP contribution in [-0.2, 0) is 13.1 Å². The normalized spacial score (nSPS) is 10.7. The molecule has 2 aromatic heterocycles. The van der Waals surface area contributed by atoms with Crippen LogP contribution in [0.1, 0.15) is 23.2 Å². The van der Waals surface area contributed by atoms with Gasteiger partial charge in [-0.05, 0) is 13.3 Å². The van der Waals surface area contributed by atoms with E-state index in [1.165, 1.54) is 4.57 Å². The molecule has 2 aromatic rings. The van der Waals surface area contributed by atoms with E-state index in [0.717, 1.165) is 16.3 Å². The Hall–Kier alpha value is -2.09. The summed E-state index contributed by atoms with van der Waals surface area (Å²) in [5, 5.41) is 3.81. The highest BCUT2D eigenvalue weighted by atomic mass is 32.1. The number of nitrogen functional groups attached to an aromatic ring is 1. The number of thiazole rings is 1. The van der Waals surface area contributed by atoms with E-state index in [9.17, 15) is 9.59 Å². The molecule has 0 aliphatic carbocycles. The van der Waals surface area contributed by atoms with E-state index in [1.54, 1.807) is 17.5 Å². The molecule has 0 aromatic carbocycles. The average Bonchev–Trinajstić information content (AvgIpc) is 2.80. The molecular weight excluding hydrogens is 278 g/mol. The maximum Gasteiger partial charge on any atom is 0.330 e. The average molecular weight is 295 g/mol. The molecule has 0 unspecified atom stereocenters. The van der Waals surface area contributed by atoms with Crippen molar-refractivity contribution in [1.82, 2.24) is 14.5 Å². The first-order valence-corrected chi connectivity index (χ1v) is 7.12. The van der Waals surface area contributed by atoms with Crippen LogP contribution in [-0.4, -0.2) is 14.5 Å². The zero-order chi connectivity index (χ0) is 14.7. The van der Waals surface area contributed by atoms with Gasteiger partial charge < -0.3 is 11.1 Å². The third kappa shape index (κ3) is 2.90. The van der Waals surface area contributed by atoms with Gasteiger partial charge in [-0.25, -0.2) is 9.78 Å². The summed E-state index contributed by atoms with van der Waals surface area (Å²) in [5.41, 5.74) is 5.13. The maximum absolute atomic E-state index is 11.8. The van der Waals surface area contributed by atoms with Crippen LogP contribution in [0, 0.1) is 6.92 Å². The number of nitrogens with one attached hydrogen (secondary N) is 2. The van der Waals surface area contributed by atoms with Gasteiger partial charge in [0.25, 0.3) is 5.56 Å². The van der Waals surface area contributed by atoms with Crippen LogP contribution in [0.5, 0.6) is 0 Å². The number of nitrogens with two attached hydrogens (primary N) is 1. The lowest BCUT2D eigenvalue weighted by Gasteiger charge is -2.12. The van der Waals surface area contributed by atoms with Crippen molar-refractivity contribution in [2.24, 2.45) is 0 Å². The van der Waals surface area contributed by atoms with Gasteiger partial charge >= 0.3 is 5.69 Å². The summed E-state index contributed by atoms with van der Waals surface area (Å²) in [6.45, 7) is 4.76. The summed E-state index contributed by atoms with van der Waals surface area (Å²) in [5.74, 6) is 0.161. The number of hydrogen-bond donors (Lipinski definition) is 3. The van der Waals surface area contributed by atoms with Gasteiger partial charge in [-0.2, -0.15) is 0 Å². The molecule has 0 spiro atoms. The van der Waals surface area contributed by atoms with E-state index in [-0.39, 0.29) is 11.5 Å². The molecule has 8 heteroatoms. The molecule has 0 aliphatic rings. The summed E-state index contributed by atoms with van der Waals surface area (Å²) in [6, 6.07) is 0.